The number of carboxylic acid groups (broad SMARTS) is 1. The van der Waals surface area contributed by atoms with Gasteiger partial charge in [-0.25, -0.2) is 9.36 Å². The summed E-state index contributed by atoms with van der Waals surface area (Å²) in [5.41, 5.74) is 9.49. The number of hydrogen-bond acceptors (Lipinski definition) is 13. The molecule has 2 aliphatic rings. The minimum atomic E-state index is -0.814. The van der Waals surface area contributed by atoms with E-state index in [0.717, 1.165) is 90.1 Å². The lowest BCUT2D eigenvalue weighted by molar-refractivity contribution is -0.137. The molecule has 2 N–H and O–H groups in total. The molecule has 0 aromatic carbocycles. The summed E-state index contributed by atoms with van der Waals surface area (Å²) in [5, 5.41) is 46.7. The van der Waals surface area contributed by atoms with Gasteiger partial charge in [0.05, 0.1) is 11.4 Å². The number of carbonyl (C=O) groups is 2. The van der Waals surface area contributed by atoms with E-state index in [9.17, 15) is 9.59 Å². The number of amides is 1. The number of aliphatic carboxylic acids is 1. The molecule has 2 aliphatic heterocycles. The number of nitrogens with one attached hydrogen (secondary N) is 1. The molecule has 360 valence electrons. The molecule has 0 spiro atoms. The van der Waals surface area contributed by atoms with Gasteiger partial charge >= 0.3 is 5.97 Å². The van der Waals surface area contributed by atoms with Crippen LogP contribution in [0.15, 0.2) is 73.1 Å². The number of likely N-dealkylation sites (tertiary alicyclic amines) is 1. The molecule has 2 fully saturated rings. The number of fused-ring (bicyclic) bond motifs is 2. The van der Waals surface area contributed by atoms with E-state index < -0.39 is 5.97 Å². The highest BCUT2D eigenvalue weighted by molar-refractivity contribution is 5.76. The molecule has 69 heavy (non-hydrogen) atoms. The summed E-state index contributed by atoms with van der Waals surface area (Å²) in [6.07, 6.45) is 12.3. The van der Waals surface area contributed by atoms with Crippen molar-refractivity contribution in [3.8, 4) is 11.6 Å². The highest BCUT2D eigenvalue weighted by Crippen LogP contribution is 2.24. The number of aryl methyl sites for hydroxylation is 4. The van der Waals surface area contributed by atoms with Gasteiger partial charge < -0.3 is 15.3 Å². The van der Waals surface area contributed by atoms with Crippen molar-refractivity contribution >= 4 is 23.2 Å². The average Bonchev–Trinajstić information content (AvgIpc) is 4.10. The van der Waals surface area contributed by atoms with Gasteiger partial charge in [-0.3, -0.25) is 19.6 Å². The van der Waals surface area contributed by atoms with E-state index in [1.807, 2.05) is 106 Å². The van der Waals surface area contributed by atoms with Crippen LogP contribution >= 0.6 is 0 Å². The summed E-state index contributed by atoms with van der Waals surface area (Å²) in [4.78, 5) is 34.5. The second kappa shape index (κ2) is 22.2. The van der Waals surface area contributed by atoms with Gasteiger partial charge in [0.2, 0.25) is 5.91 Å². The van der Waals surface area contributed by atoms with Crippen molar-refractivity contribution < 1.29 is 14.7 Å². The standard InChI is InChI=1S/C25H30N8O.C14H16N6O2.C11H16N2/c1-17-22(18(2)32(29-17)24-9-8-23-28-27-19(3)33(23)30-24)7-10-25(34)31-14-11-20(12-15-31)16-21-6-4-5-13-26-21;1-8-11(4-7-14(21)22)9(2)19(17-8)13-6-5-12-16-15-10(3)20(12)18-13;1-2-6-13-11(3-1)9-10-4-7-12-8-5-10/h4-6,8-9,13,20H,7,10-12,14-16H2,1-3H3;5-6H,4,7H2,1-3H3,(H,21,22);1-3,6,10,12H,4-5,7-9H2. The molecular formula is C50H62N16O3. The van der Waals surface area contributed by atoms with E-state index in [0.29, 0.717) is 53.9 Å². The lowest BCUT2D eigenvalue weighted by Gasteiger charge is -2.32. The van der Waals surface area contributed by atoms with Crippen LogP contribution in [-0.4, -0.2) is 117 Å². The van der Waals surface area contributed by atoms with Crippen LogP contribution < -0.4 is 5.32 Å². The smallest absolute Gasteiger partial charge is 0.303 e. The van der Waals surface area contributed by atoms with Gasteiger partial charge in [0.15, 0.2) is 34.6 Å². The molecule has 0 aliphatic carbocycles. The van der Waals surface area contributed by atoms with E-state index >= 15 is 0 Å². The number of carbonyl (C=O) groups excluding carboxylic acids is 1. The first-order valence-electron chi connectivity index (χ1n) is 23.9. The van der Waals surface area contributed by atoms with Crippen LogP contribution in [0.1, 0.15) is 95.5 Å². The highest BCUT2D eigenvalue weighted by atomic mass is 16.4. The van der Waals surface area contributed by atoms with Gasteiger partial charge in [0.25, 0.3) is 0 Å². The molecule has 0 atom stereocenters. The quantitative estimate of drug-likeness (QED) is 0.145. The molecule has 10 heterocycles. The van der Waals surface area contributed by atoms with Gasteiger partial charge in [0, 0.05) is 61.1 Å². The van der Waals surface area contributed by atoms with Gasteiger partial charge in [-0.15, -0.1) is 30.6 Å². The van der Waals surface area contributed by atoms with E-state index in [1.54, 1.807) is 13.7 Å². The maximum Gasteiger partial charge on any atom is 0.303 e. The molecule has 2 saturated heterocycles. The Hall–Kier alpha value is -7.28. The molecule has 19 nitrogen and oxygen atoms in total. The maximum atomic E-state index is 12.9. The summed E-state index contributed by atoms with van der Waals surface area (Å²) < 4.78 is 6.94. The molecule has 0 saturated carbocycles. The molecule has 19 heteroatoms. The van der Waals surface area contributed by atoms with E-state index in [1.165, 1.54) is 31.6 Å². The summed E-state index contributed by atoms with van der Waals surface area (Å²) in [7, 11) is 0. The van der Waals surface area contributed by atoms with Gasteiger partial charge in [-0.1, -0.05) is 12.1 Å². The number of hydrogen-bond donors (Lipinski definition) is 2. The summed E-state index contributed by atoms with van der Waals surface area (Å²) in [5.74, 6) is 3.64. The van der Waals surface area contributed by atoms with Crippen molar-refractivity contribution in [2.24, 2.45) is 11.8 Å². The van der Waals surface area contributed by atoms with Crippen molar-refractivity contribution in [2.45, 2.75) is 106 Å². The average molecular weight is 935 g/mol. The first-order valence-corrected chi connectivity index (χ1v) is 23.9. The first kappa shape index (κ1) is 48.2. The Labute approximate surface area is 401 Å². The summed E-state index contributed by atoms with van der Waals surface area (Å²) in [6, 6.07) is 19.7. The Morgan fingerprint density at radius 3 is 1.54 bits per heavy atom. The molecule has 8 aromatic heterocycles. The Kier molecular flexibility index (Phi) is 15.5. The SMILES string of the molecule is Cc1nn(-c2ccc3nnc(C)n3n2)c(C)c1CCC(=O)N1CCC(Cc2ccccn2)CC1.Cc1nn(-c2ccc3nnc(C)n3n2)c(C)c1CCC(=O)O.c1ccc(CC2CCNCC2)nc1. The number of rotatable bonds is 12. The predicted molar refractivity (Wildman–Crippen MR) is 259 cm³/mol. The van der Waals surface area contributed by atoms with Crippen LogP contribution in [0.5, 0.6) is 0 Å². The predicted octanol–water partition coefficient (Wildman–Crippen LogP) is 5.92. The van der Waals surface area contributed by atoms with Crippen LogP contribution in [0.3, 0.4) is 0 Å². The zero-order valence-electron chi connectivity index (χ0n) is 40.5. The monoisotopic (exact) mass is 935 g/mol. The number of carboxylic acids is 1. The Bertz CT molecular complexity index is 2980. The number of piperidine rings is 2. The zero-order chi connectivity index (χ0) is 48.4. The zero-order valence-corrected chi connectivity index (χ0v) is 40.5. The molecule has 0 bridgehead atoms. The third kappa shape index (κ3) is 11.9. The third-order valence-corrected chi connectivity index (χ3v) is 13.2. The van der Waals surface area contributed by atoms with Gasteiger partial charge in [-0.2, -0.15) is 19.2 Å². The number of aromatic nitrogens is 14. The second-order valence-corrected chi connectivity index (χ2v) is 18.0. The van der Waals surface area contributed by atoms with Crippen molar-refractivity contribution in [1.82, 2.24) is 79.4 Å². The molecule has 8 aromatic rings. The maximum absolute atomic E-state index is 12.9. The lowest BCUT2D eigenvalue weighted by atomic mass is 9.91. The van der Waals surface area contributed by atoms with E-state index in [-0.39, 0.29) is 12.3 Å². The van der Waals surface area contributed by atoms with Crippen LogP contribution in [0.25, 0.3) is 22.9 Å². The molecule has 0 unspecified atom stereocenters. The van der Waals surface area contributed by atoms with Crippen molar-refractivity contribution in [1.29, 1.82) is 0 Å². The molecule has 0 radical (unpaired) electrons. The van der Waals surface area contributed by atoms with E-state index in [4.69, 9.17) is 10.2 Å². The first-order chi connectivity index (χ1) is 33.4. The van der Waals surface area contributed by atoms with Crippen LogP contribution in [0.2, 0.25) is 0 Å². The Balaban J connectivity index is 0.000000156. The van der Waals surface area contributed by atoms with Crippen LogP contribution in [0.4, 0.5) is 0 Å². The summed E-state index contributed by atoms with van der Waals surface area (Å²) >= 11 is 0. The fourth-order valence-electron chi connectivity index (χ4n) is 9.24. The van der Waals surface area contributed by atoms with Crippen LogP contribution in [0, 0.1) is 53.4 Å². The lowest BCUT2D eigenvalue weighted by Crippen LogP contribution is -2.39. The fourth-order valence-corrected chi connectivity index (χ4v) is 9.24. The fraction of sp³-hybridized carbons (Fsp3) is 0.440. The second-order valence-electron chi connectivity index (χ2n) is 18.0. The van der Waals surface area contributed by atoms with E-state index in [2.05, 4.69) is 69.2 Å². The van der Waals surface area contributed by atoms with Crippen molar-refractivity contribution in [2.75, 3.05) is 26.2 Å². The molecule has 1 amide bonds. The number of nitrogens with zero attached hydrogens (tertiary/aromatic N) is 15. The Morgan fingerprint density at radius 1 is 0.594 bits per heavy atom. The topological polar surface area (TPSA) is 217 Å². The van der Waals surface area contributed by atoms with Crippen molar-refractivity contribution in [3.63, 3.8) is 0 Å². The Morgan fingerprint density at radius 2 is 1.07 bits per heavy atom. The largest absolute Gasteiger partial charge is 0.481 e. The highest BCUT2D eigenvalue weighted by Gasteiger charge is 2.24. The minimum Gasteiger partial charge on any atom is -0.481 e. The van der Waals surface area contributed by atoms with Gasteiger partial charge in [0.1, 0.15) is 0 Å². The van der Waals surface area contributed by atoms with Crippen molar-refractivity contribution in [3.05, 3.63) is 130 Å². The van der Waals surface area contributed by atoms with Crippen LogP contribution in [-0.2, 0) is 35.3 Å². The number of pyridine rings is 2. The summed E-state index contributed by atoms with van der Waals surface area (Å²) in [6.45, 7) is 15.5. The third-order valence-electron chi connectivity index (χ3n) is 13.2. The van der Waals surface area contributed by atoms with Gasteiger partial charge in [-0.05, 0) is 177 Å². The minimum absolute atomic E-state index is 0.0877. The molecule has 10 rings (SSSR count). The molecular weight excluding hydrogens is 873 g/mol. The normalized spacial score (nSPS) is 14.4.